The van der Waals surface area contributed by atoms with Crippen LogP contribution < -0.4 is 4.74 Å². The van der Waals surface area contributed by atoms with Gasteiger partial charge in [-0.05, 0) is 49.1 Å². The van der Waals surface area contributed by atoms with Crippen LogP contribution in [0.25, 0.3) is 15.2 Å². The molecule has 26 heavy (non-hydrogen) atoms. The Morgan fingerprint density at radius 2 is 2.08 bits per heavy atom. The third-order valence-corrected chi connectivity index (χ3v) is 5.57. The first-order valence-corrected chi connectivity index (χ1v) is 9.27. The van der Waals surface area contributed by atoms with E-state index in [1.165, 1.54) is 13.2 Å². The van der Waals surface area contributed by atoms with Gasteiger partial charge in [0.1, 0.15) is 0 Å². The van der Waals surface area contributed by atoms with Crippen LogP contribution in [0.15, 0.2) is 42.5 Å². The summed E-state index contributed by atoms with van der Waals surface area (Å²) in [4.78, 5) is 2.91. The molecule has 0 N–H and O–H groups in total. The number of thiazole rings is 1. The molecule has 8 heteroatoms. The van der Waals surface area contributed by atoms with Gasteiger partial charge in [0.2, 0.25) is 9.73 Å². The van der Waals surface area contributed by atoms with Crippen molar-refractivity contribution in [2.75, 3.05) is 14.2 Å². The molecule has 0 saturated carbocycles. The average molecular weight is 388 g/mol. The van der Waals surface area contributed by atoms with E-state index < -0.39 is 0 Å². The lowest BCUT2D eigenvalue weighted by atomic mass is 10.2. The van der Waals surface area contributed by atoms with Crippen LogP contribution in [0.4, 0.5) is 4.39 Å². The molecule has 0 aliphatic rings. The summed E-state index contributed by atoms with van der Waals surface area (Å²) in [6.45, 7) is 1.10. The quantitative estimate of drug-likeness (QED) is 0.477. The number of rotatable bonds is 5. The highest BCUT2D eigenvalue weighted by Gasteiger charge is 2.12. The fourth-order valence-corrected chi connectivity index (χ4v) is 4.34. The highest BCUT2D eigenvalue weighted by molar-refractivity contribution is 7.71. The summed E-state index contributed by atoms with van der Waals surface area (Å²) in [6, 6.07) is 13.1. The van der Waals surface area contributed by atoms with Gasteiger partial charge in [0.25, 0.3) is 0 Å². The number of ether oxygens (including phenoxy) is 1. The van der Waals surface area contributed by atoms with Gasteiger partial charge in [-0.2, -0.15) is 0 Å². The molecule has 4 aromatic rings. The summed E-state index contributed by atoms with van der Waals surface area (Å²) in [5.74, 6) is -0.108. The fourth-order valence-electron chi connectivity index (χ4n) is 2.98. The molecular weight excluding hydrogens is 371 g/mol. The third kappa shape index (κ3) is 3.00. The predicted molar refractivity (Wildman–Crippen MR) is 104 cm³/mol. The van der Waals surface area contributed by atoms with Crippen molar-refractivity contribution >= 4 is 38.7 Å². The Hall–Kier alpha value is -2.29. The minimum atomic E-state index is -0.357. The molecule has 0 amide bonds. The Morgan fingerprint density at radius 1 is 1.27 bits per heavy atom. The highest BCUT2D eigenvalue weighted by Crippen LogP contribution is 2.25. The summed E-state index contributed by atoms with van der Waals surface area (Å²) >= 11 is 7.23. The number of fused-ring (bicyclic) bond motifs is 3. The van der Waals surface area contributed by atoms with E-state index in [4.69, 9.17) is 17.0 Å². The van der Waals surface area contributed by atoms with Gasteiger partial charge in [0, 0.05) is 6.54 Å². The van der Waals surface area contributed by atoms with Crippen molar-refractivity contribution in [3.63, 3.8) is 0 Å². The SMILES string of the molecule is COc1ccc(CN(C)Cn2nc3sc4ccccc4n3c2=S)cc1F. The second-order valence-corrected chi connectivity index (χ2v) is 7.47. The molecule has 5 nitrogen and oxygen atoms in total. The standard InChI is InChI=1S/C18H17FN4OS2/c1-21(10-12-7-8-15(24-2)13(19)9-12)11-22-18(25)23-14-5-3-4-6-16(14)26-17(23)20-22/h3-9H,10-11H2,1-2H3. The number of benzene rings is 2. The second kappa shape index (κ2) is 6.79. The number of nitrogens with zero attached hydrogens (tertiary/aromatic N) is 4. The summed E-state index contributed by atoms with van der Waals surface area (Å²) in [6.07, 6.45) is 0. The van der Waals surface area contributed by atoms with Crippen LogP contribution in [0.2, 0.25) is 0 Å². The van der Waals surface area contributed by atoms with Crippen LogP contribution in [0, 0.1) is 10.6 Å². The smallest absolute Gasteiger partial charge is 0.216 e. The predicted octanol–water partition coefficient (Wildman–Crippen LogP) is 4.32. The van der Waals surface area contributed by atoms with Crippen LogP contribution >= 0.6 is 23.6 Å². The summed E-state index contributed by atoms with van der Waals surface area (Å²) in [5, 5.41) is 4.63. The largest absolute Gasteiger partial charge is 0.494 e. The molecule has 0 radical (unpaired) electrons. The second-order valence-electron chi connectivity index (χ2n) is 6.09. The molecule has 0 aliphatic heterocycles. The molecule has 134 valence electrons. The van der Waals surface area contributed by atoms with Crippen LogP contribution in [-0.4, -0.2) is 33.2 Å². The lowest BCUT2D eigenvalue weighted by Crippen LogP contribution is -2.22. The zero-order valence-corrected chi connectivity index (χ0v) is 16.0. The number of hydrogen-bond donors (Lipinski definition) is 0. The molecule has 0 saturated heterocycles. The molecule has 2 aromatic carbocycles. The molecule has 0 unspecified atom stereocenters. The molecule has 0 aliphatic carbocycles. The molecule has 4 rings (SSSR count). The number of halogens is 1. The Kier molecular flexibility index (Phi) is 4.47. The summed E-state index contributed by atoms with van der Waals surface area (Å²) in [7, 11) is 3.41. The molecule has 0 atom stereocenters. The van der Waals surface area contributed by atoms with Gasteiger partial charge < -0.3 is 4.74 Å². The molecule has 0 spiro atoms. The first-order chi connectivity index (χ1) is 12.6. The van der Waals surface area contributed by atoms with Crippen LogP contribution in [-0.2, 0) is 13.2 Å². The minimum Gasteiger partial charge on any atom is -0.494 e. The Bertz CT molecular complexity index is 1150. The minimum absolute atomic E-state index is 0.250. The van der Waals surface area contributed by atoms with E-state index in [0.717, 1.165) is 20.7 Å². The van der Waals surface area contributed by atoms with Gasteiger partial charge in [-0.1, -0.05) is 29.5 Å². The number of hydrogen-bond acceptors (Lipinski definition) is 5. The zero-order chi connectivity index (χ0) is 18.3. The summed E-state index contributed by atoms with van der Waals surface area (Å²) in [5.41, 5.74) is 1.94. The average Bonchev–Trinajstić information content (AvgIpc) is 3.12. The van der Waals surface area contributed by atoms with Crippen molar-refractivity contribution in [1.29, 1.82) is 0 Å². The van der Waals surface area contributed by atoms with Crippen molar-refractivity contribution in [2.45, 2.75) is 13.2 Å². The van der Waals surface area contributed by atoms with E-state index in [9.17, 15) is 4.39 Å². The van der Waals surface area contributed by atoms with Crippen molar-refractivity contribution in [1.82, 2.24) is 19.1 Å². The topological polar surface area (TPSA) is 34.7 Å². The molecule has 0 fully saturated rings. The van der Waals surface area contributed by atoms with Gasteiger partial charge in [-0.3, -0.25) is 9.30 Å². The number of methoxy groups -OCH3 is 1. The Labute approximate surface area is 158 Å². The van der Waals surface area contributed by atoms with Crippen LogP contribution in [0.1, 0.15) is 5.56 Å². The first kappa shape index (κ1) is 17.1. The van der Waals surface area contributed by atoms with Gasteiger partial charge in [0.05, 0.1) is 24.0 Å². The van der Waals surface area contributed by atoms with E-state index >= 15 is 0 Å². The van der Waals surface area contributed by atoms with Crippen molar-refractivity contribution in [2.24, 2.45) is 0 Å². The van der Waals surface area contributed by atoms with E-state index in [-0.39, 0.29) is 11.6 Å². The molecule has 2 aromatic heterocycles. The maximum Gasteiger partial charge on any atom is 0.216 e. The summed E-state index contributed by atoms with van der Waals surface area (Å²) < 4.78 is 24.4. The maximum atomic E-state index is 13.9. The van der Waals surface area contributed by atoms with Gasteiger partial charge in [-0.15, -0.1) is 5.10 Å². The van der Waals surface area contributed by atoms with E-state index in [1.54, 1.807) is 22.1 Å². The zero-order valence-electron chi connectivity index (χ0n) is 14.3. The van der Waals surface area contributed by atoms with Gasteiger partial charge in [0.15, 0.2) is 11.6 Å². The third-order valence-electron chi connectivity index (χ3n) is 4.16. The van der Waals surface area contributed by atoms with Crippen molar-refractivity contribution < 1.29 is 9.13 Å². The number of para-hydroxylation sites is 1. The van der Waals surface area contributed by atoms with Gasteiger partial charge >= 0.3 is 0 Å². The van der Waals surface area contributed by atoms with E-state index in [1.807, 2.05) is 40.6 Å². The van der Waals surface area contributed by atoms with Crippen LogP contribution in [0.5, 0.6) is 5.75 Å². The molecular formula is C18H17FN4OS2. The molecule has 2 heterocycles. The van der Waals surface area contributed by atoms with E-state index in [0.29, 0.717) is 18.0 Å². The lowest BCUT2D eigenvalue weighted by molar-refractivity contribution is 0.244. The fraction of sp³-hybridized carbons (Fsp3) is 0.222. The van der Waals surface area contributed by atoms with Crippen molar-refractivity contribution in [3.05, 3.63) is 58.6 Å². The molecule has 0 bridgehead atoms. The van der Waals surface area contributed by atoms with Crippen LogP contribution in [0.3, 0.4) is 0 Å². The Morgan fingerprint density at radius 3 is 2.85 bits per heavy atom. The normalized spacial score (nSPS) is 11.7. The van der Waals surface area contributed by atoms with Crippen molar-refractivity contribution in [3.8, 4) is 5.75 Å². The lowest BCUT2D eigenvalue weighted by Gasteiger charge is -2.16. The monoisotopic (exact) mass is 388 g/mol. The Balaban J connectivity index is 1.58. The first-order valence-electron chi connectivity index (χ1n) is 8.05. The maximum absolute atomic E-state index is 13.9. The van der Waals surface area contributed by atoms with E-state index in [2.05, 4.69) is 11.2 Å². The van der Waals surface area contributed by atoms with Gasteiger partial charge in [-0.25, -0.2) is 9.07 Å². The number of aromatic nitrogens is 3. The highest BCUT2D eigenvalue weighted by atomic mass is 32.1.